The highest BCUT2D eigenvalue weighted by atomic mass is 79.9. The van der Waals surface area contributed by atoms with E-state index in [0.717, 1.165) is 27.8 Å². The minimum atomic E-state index is 0.269. The van der Waals surface area contributed by atoms with Crippen LogP contribution in [0.4, 0.5) is 5.69 Å². The number of thiazole rings is 1. The smallest absolute Gasteiger partial charge is 0.196 e. The Labute approximate surface area is 171 Å². The van der Waals surface area contributed by atoms with Crippen molar-refractivity contribution in [3.8, 4) is 17.3 Å². The van der Waals surface area contributed by atoms with E-state index in [1.807, 2.05) is 29.6 Å². The fraction of sp³-hybridized carbons (Fsp3) is 0.190. The molecule has 2 aromatic carbocycles. The second-order valence-corrected chi connectivity index (χ2v) is 8.30. The van der Waals surface area contributed by atoms with Gasteiger partial charge in [0.15, 0.2) is 10.7 Å². The van der Waals surface area contributed by atoms with E-state index in [9.17, 15) is 5.26 Å². The molecule has 0 saturated heterocycles. The molecule has 1 aromatic heterocycles. The lowest BCUT2D eigenvalue weighted by atomic mass is 10.0. The second kappa shape index (κ2) is 8.94. The lowest BCUT2D eigenvalue weighted by Gasteiger charge is -2.05. The third-order valence-corrected chi connectivity index (χ3v) is 5.23. The number of benzene rings is 2. The van der Waals surface area contributed by atoms with Crippen LogP contribution in [0.15, 0.2) is 63.5 Å². The first-order valence-electron chi connectivity index (χ1n) is 8.59. The van der Waals surface area contributed by atoms with E-state index in [2.05, 4.69) is 75.6 Å². The van der Waals surface area contributed by atoms with Gasteiger partial charge in [0, 0.05) is 15.4 Å². The minimum Gasteiger partial charge on any atom is -0.277 e. The Balaban J connectivity index is 1.75. The molecule has 0 aliphatic carbocycles. The van der Waals surface area contributed by atoms with Gasteiger partial charge in [0.2, 0.25) is 0 Å². The molecule has 0 amide bonds. The van der Waals surface area contributed by atoms with Crippen LogP contribution in [-0.4, -0.2) is 10.7 Å². The van der Waals surface area contributed by atoms with Crippen molar-refractivity contribution < 1.29 is 0 Å². The average molecular weight is 439 g/mol. The van der Waals surface area contributed by atoms with Gasteiger partial charge in [-0.05, 0) is 42.2 Å². The van der Waals surface area contributed by atoms with Crippen molar-refractivity contribution in [1.82, 2.24) is 4.98 Å². The number of rotatable bonds is 6. The highest BCUT2D eigenvalue weighted by molar-refractivity contribution is 9.10. The maximum Gasteiger partial charge on any atom is 0.196 e. The lowest BCUT2D eigenvalue weighted by Crippen LogP contribution is -2.01. The zero-order chi connectivity index (χ0) is 19.2. The molecule has 0 saturated carbocycles. The van der Waals surface area contributed by atoms with Crippen LogP contribution in [-0.2, 0) is 6.42 Å². The Bertz CT molecular complexity index is 967. The monoisotopic (exact) mass is 438 g/mol. The van der Waals surface area contributed by atoms with Crippen LogP contribution in [0.5, 0.6) is 0 Å². The Morgan fingerprint density at radius 1 is 1.19 bits per heavy atom. The number of nitriles is 1. The van der Waals surface area contributed by atoms with E-state index >= 15 is 0 Å². The van der Waals surface area contributed by atoms with E-state index in [1.54, 1.807) is 0 Å². The SMILES string of the molecule is CC(C)Cc1ccc(-c2csc(C(C#N)=NNc3ccc(Br)cc3)n2)cc1. The number of aromatic nitrogens is 1. The maximum absolute atomic E-state index is 9.44. The first-order chi connectivity index (χ1) is 13.0. The van der Waals surface area contributed by atoms with Gasteiger partial charge in [0.05, 0.1) is 11.4 Å². The van der Waals surface area contributed by atoms with Gasteiger partial charge in [0.1, 0.15) is 6.07 Å². The number of hydrogen-bond acceptors (Lipinski definition) is 5. The average Bonchev–Trinajstić information content (AvgIpc) is 3.14. The predicted octanol–water partition coefficient (Wildman–Crippen LogP) is 6.11. The zero-order valence-electron chi connectivity index (χ0n) is 15.1. The Morgan fingerprint density at radius 2 is 1.89 bits per heavy atom. The summed E-state index contributed by atoms with van der Waals surface area (Å²) in [5.41, 5.74) is 7.21. The molecule has 0 spiro atoms. The van der Waals surface area contributed by atoms with Crippen LogP contribution in [0.1, 0.15) is 24.4 Å². The van der Waals surface area contributed by atoms with Crippen LogP contribution < -0.4 is 5.43 Å². The molecule has 0 aliphatic rings. The second-order valence-electron chi connectivity index (χ2n) is 6.52. The first kappa shape index (κ1) is 19.3. The summed E-state index contributed by atoms with van der Waals surface area (Å²) in [5.74, 6) is 0.634. The highest BCUT2D eigenvalue weighted by Crippen LogP contribution is 2.23. The number of anilines is 1. The Hall–Kier alpha value is -2.49. The summed E-state index contributed by atoms with van der Waals surface area (Å²) in [4.78, 5) is 4.59. The van der Waals surface area contributed by atoms with Crippen molar-refractivity contribution >= 4 is 38.7 Å². The zero-order valence-corrected chi connectivity index (χ0v) is 17.5. The molecule has 1 N–H and O–H groups in total. The summed E-state index contributed by atoms with van der Waals surface area (Å²) >= 11 is 4.81. The molecule has 3 aromatic rings. The van der Waals surface area contributed by atoms with Gasteiger partial charge in [-0.15, -0.1) is 11.3 Å². The molecule has 4 nitrogen and oxygen atoms in total. The molecule has 1 heterocycles. The quantitative estimate of drug-likeness (QED) is 0.372. The molecule has 136 valence electrons. The maximum atomic E-state index is 9.44. The molecule has 6 heteroatoms. The van der Waals surface area contributed by atoms with Crippen molar-refractivity contribution in [3.05, 3.63) is 69.0 Å². The van der Waals surface area contributed by atoms with Crippen molar-refractivity contribution in [1.29, 1.82) is 5.26 Å². The largest absolute Gasteiger partial charge is 0.277 e. The summed E-state index contributed by atoms with van der Waals surface area (Å²) in [6, 6.07) is 18.2. The molecule has 27 heavy (non-hydrogen) atoms. The minimum absolute atomic E-state index is 0.269. The van der Waals surface area contributed by atoms with Crippen LogP contribution in [0.2, 0.25) is 0 Å². The van der Waals surface area contributed by atoms with Gasteiger partial charge in [-0.25, -0.2) is 4.98 Å². The molecule has 0 unspecified atom stereocenters. The number of nitrogens with zero attached hydrogens (tertiary/aromatic N) is 3. The van der Waals surface area contributed by atoms with Crippen LogP contribution in [0, 0.1) is 17.2 Å². The Morgan fingerprint density at radius 3 is 2.52 bits per heavy atom. The third-order valence-electron chi connectivity index (χ3n) is 3.85. The summed E-state index contributed by atoms with van der Waals surface area (Å²) in [7, 11) is 0. The van der Waals surface area contributed by atoms with Crippen molar-refractivity contribution in [3.63, 3.8) is 0 Å². The molecular formula is C21H19BrN4S. The van der Waals surface area contributed by atoms with Gasteiger partial charge in [-0.2, -0.15) is 10.4 Å². The highest BCUT2D eigenvalue weighted by Gasteiger charge is 2.11. The number of nitrogens with one attached hydrogen (secondary N) is 1. The molecule has 3 rings (SSSR count). The normalized spacial score (nSPS) is 11.4. The summed E-state index contributed by atoms with van der Waals surface area (Å²) < 4.78 is 0.988. The number of hydrogen-bond donors (Lipinski definition) is 1. The van der Waals surface area contributed by atoms with E-state index < -0.39 is 0 Å². The summed E-state index contributed by atoms with van der Waals surface area (Å²) in [5, 5.41) is 16.2. The van der Waals surface area contributed by atoms with E-state index in [1.165, 1.54) is 16.9 Å². The summed E-state index contributed by atoms with van der Waals surface area (Å²) in [6.45, 7) is 4.43. The topological polar surface area (TPSA) is 61.1 Å². The molecule has 0 fully saturated rings. The lowest BCUT2D eigenvalue weighted by molar-refractivity contribution is 0.647. The van der Waals surface area contributed by atoms with Crippen LogP contribution in [0.25, 0.3) is 11.3 Å². The molecular weight excluding hydrogens is 420 g/mol. The van der Waals surface area contributed by atoms with Gasteiger partial charge in [0.25, 0.3) is 0 Å². The van der Waals surface area contributed by atoms with Crippen LogP contribution in [0.3, 0.4) is 0 Å². The van der Waals surface area contributed by atoms with Crippen molar-refractivity contribution in [2.45, 2.75) is 20.3 Å². The standard InChI is InChI=1S/C21H19BrN4S/c1-14(2)11-15-3-5-16(6-4-15)20-13-27-21(24-20)19(12-23)26-25-18-9-7-17(22)8-10-18/h3-10,13-14,25H,11H2,1-2H3. The fourth-order valence-electron chi connectivity index (χ4n) is 2.56. The first-order valence-corrected chi connectivity index (χ1v) is 10.3. The molecule has 0 aliphatic heterocycles. The van der Waals surface area contributed by atoms with Crippen molar-refractivity contribution in [2.75, 3.05) is 5.43 Å². The van der Waals surface area contributed by atoms with Gasteiger partial charge in [-0.3, -0.25) is 5.43 Å². The number of hydrazone groups is 1. The predicted molar refractivity (Wildman–Crippen MR) is 116 cm³/mol. The van der Waals surface area contributed by atoms with Crippen LogP contribution >= 0.6 is 27.3 Å². The van der Waals surface area contributed by atoms with E-state index in [0.29, 0.717) is 10.9 Å². The molecule has 0 bridgehead atoms. The molecule has 0 atom stereocenters. The van der Waals surface area contributed by atoms with Gasteiger partial charge >= 0.3 is 0 Å². The summed E-state index contributed by atoms with van der Waals surface area (Å²) in [6.07, 6.45) is 1.07. The molecule has 0 radical (unpaired) electrons. The Kier molecular flexibility index (Phi) is 6.38. The van der Waals surface area contributed by atoms with E-state index in [-0.39, 0.29) is 5.71 Å². The van der Waals surface area contributed by atoms with Crippen molar-refractivity contribution in [2.24, 2.45) is 11.0 Å². The number of halogens is 1. The fourth-order valence-corrected chi connectivity index (χ4v) is 3.59. The third kappa shape index (κ3) is 5.25. The van der Waals surface area contributed by atoms with E-state index in [4.69, 9.17) is 0 Å². The van der Waals surface area contributed by atoms with Gasteiger partial charge < -0.3 is 0 Å². The van der Waals surface area contributed by atoms with Gasteiger partial charge in [-0.1, -0.05) is 54.0 Å².